The van der Waals surface area contributed by atoms with Crippen LogP contribution in [-0.2, 0) is 10.5 Å². The van der Waals surface area contributed by atoms with Crippen molar-refractivity contribution in [3.63, 3.8) is 0 Å². The van der Waals surface area contributed by atoms with Gasteiger partial charge in [-0.1, -0.05) is 0 Å². The number of hydrogen-bond donors (Lipinski definition) is 2. The highest BCUT2D eigenvalue weighted by atomic mass is 32.2. The Bertz CT molecular complexity index is 236. The van der Waals surface area contributed by atoms with Gasteiger partial charge in [0, 0.05) is 23.4 Å². The van der Waals surface area contributed by atoms with Crippen molar-refractivity contribution in [1.82, 2.24) is 10.2 Å². The molecule has 0 aliphatic carbocycles. The van der Waals surface area contributed by atoms with Crippen molar-refractivity contribution in [3.05, 3.63) is 18.0 Å². The lowest BCUT2D eigenvalue weighted by atomic mass is 10.5. The topological polar surface area (TPSA) is 66.0 Å². The molecule has 0 amide bonds. The van der Waals surface area contributed by atoms with Crippen LogP contribution in [0.3, 0.4) is 0 Å². The minimum atomic E-state index is -0.743. The fourth-order valence-corrected chi connectivity index (χ4v) is 1.55. The number of nitrogens with one attached hydrogen (secondary N) is 1. The van der Waals surface area contributed by atoms with Crippen LogP contribution in [0, 0.1) is 0 Å². The first kappa shape index (κ1) is 9.12. The standard InChI is InChI=1S/C7H10N2O2S/c10-7(11)2-4-12-5-6-1-3-8-9-6/h1,3H,2,4-5H2,(H,8,9)(H,10,11). The van der Waals surface area contributed by atoms with Crippen LogP contribution in [0.1, 0.15) is 12.1 Å². The maximum absolute atomic E-state index is 10.1. The highest BCUT2D eigenvalue weighted by Gasteiger charge is 1.97. The Labute approximate surface area is 74.4 Å². The molecule has 0 aromatic carbocycles. The van der Waals surface area contributed by atoms with Gasteiger partial charge >= 0.3 is 5.97 Å². The van der Waals surface area contributed by atoms with E-state index < -0.39 is 5.97 Å². The molecule has 1 aromatic rings. The monoisotopic (exact) mass is 186 g/mol. The Hall–Kier alpha value is -0.970. The second-order valence-electron chi connectivity index (χ2n) is 2.28. The minimum Gasteiger partial charge on any atom is -0.481 e. The summed E-state index contributed by atoms with van der Waals surface area (Å²) in [6.07, 6.45) is 1.91. The van der Waals surface area contributed by atoms with Gasteiger partial charge in [-0.05, 0) is 6.07 Å². The molecule has 1 aromatic heterocycles. The van der Waals surface area contributed by atoms with Gasteiger partial charge in [0.2, 0.25) is 0 Å². The summed E-state index contributed by atoms with van der Waals surface area (Å²) in [5.74, 6) is 0.703. The van der Waals surface area contributed by atoms with E-state index in [-0.39, 0.29) is 6.42 Å². The van der Waals surface area contributed by atoms with Crippen molar-refractivity contribution in [1.29, 1.82) is 0 Å². The number of aromatic amines is 1. The number of thioether (sulfide) groups is 1. The van der Waals surface area contributed by atoms with E-state index in [2.05, 4.69) is 10.2 Å². The highest BCUT2D eigenvalue weighted by molar-refractivity contribution is 7.98. The summed E-state index contributed by atoms with van der Waals surface area (Å²) < 4.78 is 0. The van der Waals surface area contributed by atoms with E-state index in [1.807, 2.05) is 6.07 Å². The number of carboxylic acids is 1. The molecule has 0 spiro atoms. The molecule has 1 rings (SSSR count). The van der Waals surface area contributed by atoms with Crippen molar-refractivity contribution in [2.24, 2.45) is 0 Å². The average Bonchev–Trinajstić information content (AvgIpc) is 2.49. The summed E-state index contributed by atoms with van der Waals surface area (Å²) in [5, 5.41) is 14.9. The van der Waals surface area contributed by atoms with E-state index in [4.69, 9.17) is 5.11 Å². The largest absolute Gasteiger partial charge is 0.481 e. The molecule has 0 saturated carbocycles. The van der Waals surface area contributed by atoms with Crippen molar-refractivity contribution >= 4 is 17.7 Å². The first-order chi connectivity index (χ1) is 5.79. The van der Waals surface area contributed by atoms with Gasteiger partial charge in [0.05, 0.1) is 6.42 Å². The minimum absolute atomic E-state index is 0.221. The van der Waals surface area contributed by atoms with E-state index in [0.29, 0.717) is 5.75 Å². The van der Waals surface area contributed by atoms with Crippen LogP contribution >= 0.6 is 11.8 Å². The summed E-state index contributed by atoms with van der Waals surface area (Å²) in [6.45, 7) is 0. The SMILES string of the molecule is O=C(O)CCSCc1ccn[nH]1. The predicted octanol–water partition coefficient (Wildman–Crippen LogP) is 1.12. The number of hydrogen-bond acceptors (Lipinski definition) is 3. The molecule has 0 bridgehead atoms. The summed E-state index contributed by atoms with van der Waals surface area (Å²) in [6, 6.07) is 1.88. The molecule has 66 valence electrons. The number of nitrogens with zero attached hydrogens (tertiary/aromatic N) is 1. The highest BCUT2D eigenvalue weighted by Crippen LogP contribution is 2.09. The van der Waals surface area contributed by atoms with Crippen LogP contribution in [-0.4, -0.2) is 27.0 Å². The maximum Gasteiger partial charge on any atom is 0.304 e. The second-order valence-corrected chi connectivity index (χ2v) is 3.38. The van der Waals surface area contributed by atoms with E-state index >= 15 is 0 Å². The lowest BCUT2D eigenvalue weighted by Gasteiger charge is -1.95. The van der Waals surface area contributed by atoms with Crippen LogP contribution in [0.2, 0.25) is 0 Å². The lowest BCUT2D eigenvalue weighted by molar-refractivity contribution is -0.136. The van der Waals surface area contributed by atoms with Crippen molar-refractivity contribution < 1.29 is 9.90 Å². The molecule has 1 heterocycles. The maximum atomic E-state index is 10.1. The fourth-order valence-electron chi connectivity index (χ4n) is 0.707. The van der Waals surface area contributed by atoms with Crippen LogP contribution in [0.5, 0.6) is 0 Å². The second kappa shape index (κ2) is 4.82. The molecule has 4 nitrogen and oxygen atoms in total. The summed E-state index contributed by atoms with van der Waals surface area (Å²) >= 11 is 1.59. The molecular formula is C7H10N2O2S. The molecular weight excluding hydrogens is 176 g/mol. The molecule has 0 radical (unpaired) electrons. The first-order valence-electron chi connectivity index (χ1n) is 3.57. The number of carboxylic acid groups (broad SMARTS) is 1. The molecule has 12 heavy (non-hydrogen) atoms. The zero-order valence-electron chi connectivity index (χ0n) is 6.49. The normalized spacial score (nSPS) is 10.0. The van der Waals surface area contributed by atoms with E-state index in [0.717, 1.165) is 11.4 Å². The summed E-state index contributed by atoms with van der Waals surface area (Å²) in [4.78, 5) is 10.1. The van der Waals surface area contributed by atoms with Crippen LogP contribution in [0.4, 0.5) is 0 Å². The summed E-state index contributed by atoms with van der Waals surface area (Å²) in [5.41, 5.74) is 1.03. The van der Waals surface area contributed by atoms with Crippen LogP contribution < -0.4 is 0 Å². The Balaban J connectivity index is 2.07. The van der Waals surface area contributed by atoms with Gasteiger partial charge in [0.25, 0.3) is 0 Å². The van der Waals surface area contributed by atoms with Gasteiger partial charge in [-0.3, -0.25) is 9.89 Å². The first-order valence-corrected chi connectivity index (χ1v) is 4.72. The third kappa shape index (κ3) is 3.43. The number of carbonyl (C=O) groups is 1. The van der Waals surface area contributed by atoms with Gasteiger partial charge in [-0.2, -0.15) is 16.9 Å². The zero-order chi connectivity index (χ0) is 8.81. The Morgan fingerprint density at radius 1 is 1.75 bits per heavy atom. The number of rotatable bonds is 5. The Morgan fingerprint density at radius 3 is 3.17 bits per heavy atom. The molecule has 2 N–H and O–H groups in total. The molecule has 0 saturated heterocycles. The van der Waals surface area contributed by atoms with E-state index in [1.54, 1.807) is 18.0 Å². The Kier molecular flexibility index (Phi) is 3.66. The van der Waals surface area contributed by atoms with Gasteiger partial charge < -0.3 is 5.11 Å². The predicted molar refractivity (Wildman–Crippen MR) is 47.0 cm³/mol. The molecule has 5 heteroatoms. The van der Waals surface area contributed by atoms with Crippen LogP contribution in [0.25, 0.3) is 0 Å². The molecule has 0 aliphatic rings. The average molecular weight is 186 g/mol. The summed E-state index contributed by atoms with van der Waals surface area (Å²) in [7, 11) is 0. The number of aliphatic carboxylic acids is 1. The van der Waals surface area contributed by atoms with Gasteiger partial charge in [-0.15, -0.1) is 0 Å². The van der Waals surface area contributed by atoms with Crippen molar-refractivity contribution in [3.8, 4) is 0 Å². The van der Waals surface area contributed by atoms with Gasteiger partial charge in [0.1, 0.15) is 0 Å². The lowest BCUT2D eigenvalue weighted by Crippen LogP contribution is -1.96. The molecule has 0 aliphatic heterocycles. The third-order valence-corrected chi connectivity index (χ3v) is 2.28. The zero-order valence-corrected chi connectivity index (χ0v) is 7.30. The van der Waals surface area contributed by atoms with Gasteiger partial charge in [0.15, 0.2) is 0 Å². The van der Waals surface area contributed by atoms with Crippen molar-refractivity contribution in [2.45, 2.75) is 12.2 Å². The quantitative estimate of drug-likeness (QED) is 0.676. The molecule has 0 atom stereocenters. The Morgan fingerprint density at radius 2 is 2.58 bits per heavy atom. The van der Waals surface area contributed by atoms with Crippen molar-refractivity contribution in [2.75, 3.05) is 5.75 Å². The van der Waals surface area contributed by atoms with E-state index in [9.17, 15) is 4.79 Å². The number of H-pyrrole nitrogens is 1. The van der Waals surface area contributed by atoms with Gasteiger partial charge in [-0.25, -0.2) is 0 Å². The third-order valence-electron chi connectivity index (χ3n) is 1.28. The number of aromatic nitrogens is 2. The van der Waals surface area contributed by atoms with Crippen LogP contribution in [0.15, 0.2) is 12.3 Å². The molecule has 0 fully saturated rings. The smallest absolute Gasteiger partial charge is 0.304 e. The molecule has 0 unspecified atom stereocenters. The fraction of sp³-hybridized carbons (Fsp3) is 0.429. The van der Waals surface area contributed by atoms with E-state index in [1.165, 1.54) is 0 Å².